The van der Waals surface area contributed by atoms with Crippen molar-refractivity contribution in [1.29, 1.82) is 0 Å². The summed E-state index contributed by atoms with van der Waals surface area (Å²) in [5.41, 5.74) is 2.05. The number of nitrogens with zero attached hydrogens (tertiary/aromatic N) is 2. The maximum Gasteiger partial charge on any atom is 0.313 e. The lowest BCUT2D eigenvalue weighted by atomic mass is 9.97. The molecule has 0 bridgehead atoms. The molecule has 2 aromatic rings. The molecule has 0 saturated heterocycles. The zero-order chi connectivity index (χ0) is 17.5. The molecule has 0 N–H and O–H groups in total. The van der Waals surface area contributed by atoms with Gasteiger partial charge in [-0.15, -0.1) is 0 Å². The normalized spacial score (nSPS) is 10.8. The molecule has 2 aromatic heterocycles. The van der Waals surface area contributed by atoms with E-state index in [2.05, 4.69) is 9.84 Å². The van der Waals surface area contributed by atoms with Gasteiger partial charge in [-0.2, -0.15) is 5.10 Å². The Labute approximate surface area is 137 Å². The molecule has 0 atom stereocenters. The van der Waals surface area contributed by atoms with Gasteiger partial charge in [0, 0.05) is 25.3 Å². The van der Waals surface area contributed by atoms with Crippen LogP contribution < -0.4 is 5.46 Å². The maximum atomic E-state index is 10.9. The summed E-state index contributed by atoms with van der Waals surface area (Å²) < 4.78 is 11.0. The van der Waals surface area contributed by atoms with Gasteiger partial charge in [-0.1, -0.05) is 11.5 Å². The van der Waals surface area contributed by atoms with E-state index in [1.165, 1.54) is 7.11 Å². The zero-order valence-electron chi connectivity index (χ0n) is 13.9. The average molecular weight is 316 g/mol. The molecule has 0 aliphatic heterocycles. The van der Waals surface area contributed by atoms with Crippen molar-refractivity contribution in [3.05, 3.63) is 30.1 Å². The van der Waals surface area contributed by atoms with Gasteiger partial charge >= 0.3 is 5.97 Å². The van der Waals surface area contributed by atoms with E-state index in [0.29, 0.717) is 11.9 Å². The minimum atomic E-state index is -0.432. The number of fused-ring (bicyclic) bond motifs is 1. The van der Waals surface area contributed by atoms with Crippen LogP contribution in [-0.4, -0.2) is 43.6 Å². The lowest BCUT2D eigenvalue weighted by Crippen LogP contribution is -2.23. The first kappa shape index (κ1) is 18.9. The summed E-state index contributed by atoms with van der Waals surface area (Å²) in [6.45, 7) is 5.43. The van der Waals surface area contributed by atoms with E-state index in [9.17, 15) is 9.59 Å². The van der Waals surface area contributed by atoms with Crippen molar-refractivity contribution in [2.45, 2.75) is 27.2 Å². The van der Waals surface area contributed by atoms with Crippen molar-refractivity contribution in [1.82, 2.24) is 9.61 Å². The van der Waals surface area contributed by atoms with E-state index >= 15 is 0 Å². The molecule has 23 heavy (non-hydrogen) atoms. The minimum absolute atomic E-state index is 0.0378. The number of esters is 1. The standard InChI is InChI=1S/C9H7BN2O.C7H14O3/c10-8-1-3-12-9(5-8)7(2-4-13)6-11-12;1-7(2,3)6(8)10-5-9-4/h1,3-6H,2H2;5H2,1-4H3. The van der Waals surface area contributed by atoms with E-state index in [4.69, 9.17) is 12.6 Å². The van der Waals surface area contributed by atoms with Crippen molar-refractivity contribution in [2.24, 2.45) is 5.41 Å². The summed E-state index contributed by atoms with van der Waals surface area (Å²) in [4.78, 5) is 21.3. The topological polar surface area (TPSA) is 69.9 Å². The number of carbonyl (C=O) groups excluding carboxylic acids is 2. The lowest BCUT2D eigenvalue weighted by molar-refractivity contribution is -0.163. The van der Waals surface area contributed by atoms with Crippen molar-refractivity contribution in [3.8, 4) is 0 Å². The van der Waals surface area contributed by atoms with Crippen LogP contribution in [0.5, 0.6) is 0 Å². The average Bonchev–Trinajstić information content (AvgIpc) is 2.87. The van der Waals surface area contributed by atoms with Crippen molar-refractivity contribution in [3.63, 3.8) is 0 Å². The molecule has 0 fully saturated rings. The first-order valence-electron chi connectivity index (χ1n) is 7.11. The fraction of sp³-hybridized carbons (Fsp3) is 0.438. The summed E-state index contributed by atoms with van der Waals surface area (Å²) in [6.07, 6.45) is 4.70. The number of carbonyl (C=O) groups is 2. The van der Waals surface area contributed by atoms with E-state index in [1.54, 1.807) is 43.7 Å². The number of aldehydes is 1. The Morgan fingerprint density at radius 1 is 1.43 bits per heavy atom. The lowest BCUT2D eigenvalue weighted by Gasteiger charge is -2.15. The minimum Gasteiger partial charge on any atom is -0.438 e. The van der Waals surface area contributed by atoms with Gasteiger partial charge in [-0.05, 0) is 26.8 Å². The van der Waals surface area contributed by atoms with Crippen LogP contribution in [0.1, 0.15) is 26.3 Å². The Morgan fingerprint density at radius 3 is 2.70 bits per heavy atom. The summed E-state index contributed by atoms with van der Waals surface area (Å²) in [5.74, 6) is -0.241. The van der Waals surface area contributed by atoms with E-state index in [0.717, 1.165) is 17.4 Å². The number of ether oxygens (including phenoxy) is 2. The molecule has 0 amide bonds. The number of rotatable bonds is 4. The second kappa shape index (κ2) is 8.48. The zero-order valence-corrected chi connectivity index (χ0v) is 13.9. The van der Waals surface area contributed by atoms with Crippen LogP contribution >= 0.6 is 0 Å². The molecule has 0 spiro atoms. The number of hydrogen-bond donors (Lipinski definition) is 0. The van der Waals surface area contributed by atoms with Crippen LogP contribution in [0.3, 0.4) is 0 Å². The number of aromatic nitrogens is 2. The summed E-state index contributed by atoms with van der Waals surface area (Å²) >= 11 is 0. The van der Waals surface area contributed by atoms with Crippen LogP contribution in [-0.2, 0) is 25.5 Å². The number of pyridine rings is 1. The van der Waals surface area contributed by atoms with Crippen LogP contribution in [0.4, 0.5) is 0 Å². The first-order chi connectivity index (χ1) is 10.8. The van der Waals surface area contributed by atoms with Gasteiger partial charge in [0.1, 0.15) is 14.1 Å². The molecule has 122 valence electrons. The fourth-order valence-corrected chi connectivity index (χ4v) is 1.62. The highest BCUT2D eigenvalue weighted by molar-refractivity contribution is 6.32. The van der Waals surface area contributed by atoms with Gasteiger partial charge in [0.2, 0.25) is 0 Å². The fourth-order valence-electron chi connectivity index (χ4n) is 1.62. The molecule has 0 aromatic carbocycles. The molecule has 2 radical (unpaired) electrons. The van der Waals surface area contributed by atoms with Crippen molar-refractivity contribution < 1.29 is 19.1 Å². The second-order valence-electron chi connectivity index (χ2n) is 5.92. The third kappa shape index (κ3) is 5.86. The van der Waals surface area contributed by atoms with Gasteiger partial charge in [0.25, 0.3) is 0 Å². The molecule has 0 aliphatic carbocycles. The Hall–Kier alpha value is -2.15. The third-order valence-corrected chi connectivity index (χ3v) is 2.85. The van der Waals surface area contributed by atoms with Gasteiger partial charge in [0.05, 0.1) is 17.1 Å². The molecule has 0 unspecified atom stereocenters. The van der Waals surface area contributed by atoms with Gasteiger partial charge < -0.3 is 14.3 Å². The SMILES string of the molecule is COCOC(=O)C(C)(C)C.[B]c1ccn2ncc(CC=O)c2c1. The molecule has 0 aliphatic rings. The molecule has 6 nitrogen and oxygen atoms in total. The van der Waals surface area contributed by atoms with Crippen molar-refractivity contribution in [2.75, 3.05) is 13.9 Å². The predicted octanol–water partition coefficient (Wildman–Crippen LogP) is 1.05. The van der Waals surface area contributed by atoms with Gasteiger partial charge in [-0.3, -0.25) is 4.79 Å². The highest BCUT2D eigenvalue weighted by atomic mass is 16.7. The van der Waals surface area contributed by atoms with E-state index < -0.39 is 5.41 Å². The Bertz CT molecular complexity index is 662. The molecular weight excluding hydrogens is 295 g/mol. The quantitative estimate of drug-likeness (QED) is 0.365. The van der Waals surface area contributed by atoms with Crippen LogP contribution in [0.2, 0.25) is 0 Å². The third-order valence-electron chi connectivity index (χ3n) is 2.85. The smallest absolute Gasteiger partial charge is 0.313 e. The highest BCUT2D eigenvalue weighted by Crippen LogP contribution is 2.14. The maximum absolute atomic E-state index is 10.9. The molecule has 2 heterocycles. The number of methoxy groups -OCH3 is 1. The number of hydrogen-bond acceptors (Lipinski definition) is 5. The van der Waals surface area contributed by atoms with Crippen molar-refractivity contribution >= 4 is 31.1 Å². The first-order valence-corrected chi connectivity index (χ1v) is 7.11. The highest BCUT2D eigenvalue weighted by Gasteiger charge is 2.22. The largest absolute Gasteiger partial charge is 0.438 e. The second-order valence-corrected chi connectivity index (χ2v) is 5.92. The molecular formula is C16H21BN2O4. The predicted molar refractivity (Wildman–Crippen MR) is 87.8 cm³/mol. The monoisotopic (exact) mass is 316 g/mol. The Morgan fingerprint density at radius 2 is 2.13 bits per heavy atom. The van der Waals surface area contributed by atoms with Gasteiger partial charge in [-0.25, -0.2) is 4.52 Å². The van der Waals surface area contributed by atoms with E-state index in [1.807, 2.05) is 6.07 Å². The van der Waals surface area contributed by atoms with E-state index in [-0.39, 0.29) is 12.8 Å². The summed E-state index contributed by atoms with van der Waals surface area (Å²) in [7, 11) is 7.10. The summed E-state index contributed by atoms with van der Waals surface area (Å²) in [6, 6.07) is 3.58. The molecule has 0 saturated carbocycles. The Balaban J connectivity index is 0.000000241. The Kier molecular flexibility index (Phi) is 6.97. The van der Waals surface area contributed by atoms with Gasteiger partial charge in [0.15, 0.2) is 6.79 Å². The van der Waals surface area contributed by atoms with Crippen LogP contribution in [0.25, 0.3) is 5.52 Å². The van der Waals surface area contributed by atoms with Crippen LogP contribution in [0.15, 0.2) is 24.5 Å². The molecule has 7 heteroatoms. The summed E-state index contributed by atoms with van der Waals surface area (Å²) in [5, 5.41) is 4.08. The molecule has 2 rings (SSSR count). The van der Waals surface area contributed by atoms with Crippen LogP contribution in [0, 0.1) is 5.41 Å².